The van der Waals surface area contributed by atoms with E-state index in [1.807, 2.05) is 11.0 Å². The molecule has 0 amide bonds. The van der Waals surface area contributed by atoms with Crippen LogP contribution in [0.3, 0.4) is 0 Å². The van der Waals surface area contributed by atoms with Gasteiger partial charge in [-0.15, -0.1) is 11.3 Å². The maximum absolute atomic E-state index is 13.9. The molecule has 142 valence electrons. The summed E-state index contributed by atoms with van der Waals surface area (Å²) in [6.45, 7) is 3.36. The van der Waals surface area contributed by atoms with Gasteiger partial charge >= 0.3 is 5.69 Å². The van der Waals surface area contributed by atoms with Gasteiger partial charge in [-0.2, -0.15) is 0 Å². The highest BCUT2D eigenvalue weighted by Crippen LogP contribution is 2.24. The second-order valence-electron chi connectivity index (χ2n) is 6.61. The first-order valence-electron chi connectivity index (χ1n) is 8.56. The molecule has 3 heterocycles. The van der Waals surface area contributed by atoms with E-state index in [0.29, 0.717) is 35.5 Å². The number of benzene rings is 1. The van der Waals surface area contributed by atoms with Crippen molar-refractivity contribution >= 4 is 27.2 Å². The maximum atomic E-state index is 13.9. The minimum atomic E-state index is -0.580. The molecular formula is C18H18F2N4O2S. The smallest absolute Gasteiger partial charge is 0.328 e. The quantitative estimate of drug-likeness (QED) is 0.740. The van der Waals surface area contributed by atoms with Crippen LogP contribution < -0.4 is 16.1 Å². The van der Waals surface area contributed by atoms with E-state index in [1.165, 1.54) is 30.5 Å². The second-order valence-corrected chi connectivity index (χ2v) is 7.75. The number of rotatable bonds is 3. The first-order chi connectivity index (χ1) is 12.9. The van der Waals surface area contributed by atoms with Crippen LogP contribution in [0.25, 0.3) is 10.2 Å². The van der Waals surface area contributed by atoms with Crippen molar-refractivity contribution in [3.8, 4) is 0 Å². The van der Waals surface area contributed by atoms with E-state index in [4.69, 9.17) is 0 Å². The number of aromatic amines is 1. The fourth-order valence-corrected chi connectivity index (χ4v) is 4.45. The van der Waals surface area contributed by atoms with Crippen molar-refractivity contribution in [1.82, 2.24) is 14.5 Å². The van der Waals surface area contributed by atoms with Crippen LogP contribution in [0.4, 0.5) is 14.5 Å². The third-order valence-electron chi connectivity index (χ3n) is 4.83. The van der Waals surface area contributed by atoms with Crippen LogP contribution in [0.2, 0.25) is 0 Å². The Morgan fingerprint density at radius 1 is 1.11 bits per heavy atom. The number of fused-ring (bicyclic) bond motifs is 1. The average Bonchev–Trinajstić information content (AvgIpc) is 3.03. The third-order valence-corrected chi connectivity index (χ3v) is 5.94. The second kappa shape index (κ2) is 6.90. The lowest BCUT2D eigenvalue weighted by Crippen LogP contribution is -2.46. The molecule has 0 aliphatic carbocycles. The van der Waals surface area contributed by atoms with Gasteiger partial charge in [0.15, 0.2) is 0 Å². The van der Waals surface area contributed by atoms with Crippen LogP contribution in [0, 0.1) is 11.6 Å². The van der Waals surface area contributed by atoms with Gasteiger partial charge in [-0.3, -0.25) is 14.3 Å². The number of nitrogens with one attached hydrogen (secondary N) is 1. The summed E-state index contributed by atoms with van der Waals surface area (Å²) in [5.74, 6) is -1.13. The molecule has 4 rings (SSSR count). The van der Waals surface area contributed by atoms with Crippen molar-refractivity contribution < 1.29 is 8.78 Å². The fraction of sp³-hybridized carbons (Fsp3) is 0.333. The van der Waals surface area contributed by atoms with Gasteiger partial charge in [0.05, 0.1) is 11.2 Å². The first-order valence-corrected chi connectivity index (χ1v) is 9.38. The molecule has 6 nitrogen and oxygen atoms in total. The van der Waals surface area contributed by atoms with Crippen molar-refractivity contribution in [3.05, 3.63) is 61.6 Å². The largest absolute Gasteiger partial charge is 0.367 e. The van der Waals surface area contributed by atoms with Gasteiger partial charge in [-0.1, -0.05) is 0 Å². The standard InChI is InChI=1S/C18H18F2N4O2S/c1-22-17(25)16-14(21-18(22)26)9-12(27-16)10-23-4-6-24(7-5-23)15-3-2-11(19)8-13(15)20/h2-3,8-9H,4-7,10H2,1H3,(H,21,26). The van der Waals surface area contributed by atoms with E-state index in [9.17, 15) is 18.4 Å². The molecule has 0 radical (unpaired) electrons. The van der Waals surface area contributed by atoms with Crippen LogP contribution >= 0.6 is 11.3 Å². The molecule has 27 heavy (non-hydrogen) atoms. The molecule has 9 heteroatoms. The highest BCUT2D eigenvalue weighted by molar-refractivity contribution is 7.18. The Kier molecular flexibility index (Phi) is 4.56. The van der Waals surface area contributed by atoms with Gasteiger partial charge in [0.2, 0.25) is 0 Å². The summed E-state index contributed by atoms with van der Waals surface area (Å²) in [5.41, 5.74) is 0.266. The molecule has 0 atom stereocenters. The summed E-state index contributed by atoms with van der Waals surface area (Å²) < 4.78 is 28.6. The summed E-state index contributed by atoms with van der Waals surface area (Å²) in [6.07, 6.45) is 0. The number of anilines is 1. The highest BCUT2D eigenvalue weighted by atomic mass is 32.1. The number of piperazine rings is 1. The molecule has 1 aliphatic heterocycles. The normalized spacial score (nSPS) is 15.6. The molecule has 1 aliphatic rings. The topological polar surface area (TPSA) is 61.3 Å². The number of halogens is 2. The predicted octanol–water partition coefficient (Wildman–Crippen LogP) is 1.89. The van der Waals surface area contributed by atoms with Crippen molar-refractivity contribution in [2.24, 2.45) is 7.05 Å². The minimum Gasteiger partial charge on any atom is -0.367 e. The molecular weight excluding hydrogens is 374 g/mol. The first kappa shape index (κ1) is 17.9. The number of hydrogen-bond acceptors (Lipinski definition) is 5. The number of hydrogen-bond donors (Lipinski definition) is 1. The molecule has 0 saturated carbocycles. The van der Waals surface area contributed by atoms with Gasteiger partial charge in [-0.05, 0) is 18.2 Å². The van der Waals surface area contributed by atoms with Gasteiger partial charge in [0.1, 0.15) is 16.3 Å². The van der Waals surface area contributed by atoms with Crippen molar-refractivity contribution in [2.75, 3.05) is 31.1 Å². The van der Waals surface area contributed by atoms with Gasteiger partial charge in [0.25, 0.3) is 5.56 Å². The molecule has 0 unspecified atom stereocenters. The molecule has 3 aromatic rings. The van der Waals surface area contributed by atoms with E-state index >= 15 is 0 Å². The zero-order valence-electron chi connectivity index (χ0n) is 14.7. The lowest BCUT2D eigenvalue weighted by molar-refractivity contribution is 0.251. The van der Waals surface area contributed by atoms with Crippen LogP contribution in [0.15, 0.2) is 33.9 Å². The van der Waals surface area contributed by atoms with Crippen molar-refractivity contribution in [3.63, 3.8) is 0 Å². The summed E-state index contributed by atoms with van der Waals surface area (Å²) in [7, 11) is 1.45. The average molecular weight is 392 g/mol. The van der Waals surface area contributed by atoms with E-state index in [2.05, 4.69) is 9.88 Å². The predicted molar refractivity (Wildman–Crippen MR) is 102 cm³/mol. The van der Waals surface area contributed by atoms with E-state index in [1.54, 1.807) is 0 Å². The Hall–Kier alpha value is -2.52. The summed E-state index contributed by atoms with van der Waals surface area (Å²) in [5, 5.41) is 0. The van der Waals surface area contributed by atoms with Crippen molar-refractivity contribution in [1.29, 1.82) is 0 Å². The lowest BCUT2D eigenvalue weighted by atomic mass is 10.2. The van der Waals surface area contributed by atoms with E-state index in [0.717, 1.165) is 28.6 Å². The van der Waals surface area contributed by atoms with Gasteiger partial charge in [0, 0.05) is 50.7 Å². The van der Waals surface area contributed by atoms with E-state index in [-0.39, 0.29) is 5.56 Å². The van der Waals surface area contributed by atoms with Crippen LogP contribution in [-0.2, 0) is 13.6 Å². The Bertz CT molecular complexity index is 1110. The number of nitrogens with zero attached hydrogens (tertiary/aromatic N) is 3. The molecule has 2 aromatic heterocycles. The van der Waals surface area contributed by atoms with Gasteiger partial charge < -0.3 is 9.88 Å². The minimum absolute atomic E-state index is 0.290. The van der Waals surface area contributed by atoms with Crippen LogP contribution in [0.1, 0.15) is 4.88 Å². The van der Waals surface area contributed by atoms with Gasteiger partial charge in [-0.25, -0.2) is 13.6 Å². The molecule has 1 saturated heterocycles. The SMILES string of the molecule is Cn1c(=O)[nH]c2cc(CN3CCN(c4ccc(F)cc4F)CC3)sc2c1=O. The zero-order chi connectivity index (χ0) is 19.1. The summed E-state index contributed by atoms with van der Waals surface area (Å²) in [6, 6.07) is 5.48. The van der Waals surface area contributed by atoms with E-state index < -0.39 is 17.3 Å². The summed E-state index contributed by atoms with van der Waals surface area (Å²) in [4.78, 5) is 31.7. The Morgan fingerprint density at radius 2 is 1.85 bits per heavy atom. The molecule has 1 aromatic carbocycles. The number of thiophene rings is 1. The van der Waals surface area contributed by atoms with Crippen LogP contribution in [-0.4, -0.2) is 40.6 Å². The molecule has 0 spiro atoms. The monoisotopic (exact) mass is 392 g/mol. The Morgan fingerprint density at radius 3 is 2.56 bits per heavy atom. The highest BCUT2D eigenvalue weighted by Gasteiger charge is 2.21. The molecule has 0 bridgehead atoms. The molecule has 1 N–H and O–H groups in total. The summed E-state index contributed by atoms with van der Waals surface area (Å²) >= 11 is 1.38. The Labute approximate surface area is 157 Å². The maximum Gasteiger partial charge on any atom is 0.328 e. The number of aromatic nitrogens is 2. The Balaban J connectivity index is 1.46. The van der Waals surface area contributed by atoms with Crippen molar-refractivity contribution in [2.45, 2.75) is 6.54 Å². The van der Waals surface area contributed by atoms with Crippen LogP contribution in [0.5, 0.6) is 0 Å². The fourth-order valence-electron chi connectivity index (χ4n) is 3.32. The zero-order valence-corrected chi connectivity index (χ0v) is 15.5. The third kappa shape index (κ3) is 3.40. The lowest BCUT2D eigenvalue weighted by Gasteiger charge is -2.36. The molecule has 1 fully saturated rings. The number of H-pyrrole nitrogens is 1.